The van der Waals surface area contributed by atoms with Crippen molar-refractivity contribution in [3.05, 3.63) is 17.8 Å². The van der Waals surface area contributed by atoms with E-state index in [1.807, 2.05) is 13.8 Å². The Morgan fingerprint density at radius 2 is 1.77 bits per heavy atom. The van der Waals surface area contributed by atoms with Crippen LogP contribution in [0.1, 0.15) is 24.3 Å². The molecule has 0 saturated heterocycles. The summed E-state index contributed by atoms with van der Waals surface area (Å²) in [5, 5.41) is 3.39. The van der Waals surface area contributed by atoms with E-state index in [0.29, 0.717) is 46.9 Å². The third kappa shape index (κ3) is 3.68. The summed E-state index contributed by atoms with van der Waals surface area (Å²) in [6, 6.07) is 3.40. The molecule has 2 aromatic rings. The van der Waals surface area contributed by atoms with Gasteiger partial charge in [-0.25, -0.2) is 0 Å². The standard InChI is InChI=1S/C18H25N3O5/c1-6-19-15(22)10-21(7-2)18(23)12-8-11-13(24-3)9-14(25-4)17(26-5)16(11)20-12/h8-9,20H,6-7,10H2,1-5H3,(H,19,22). The van der Waals surface area contributed by atoms with E-state index in [-0.39, 0.29) is 18.4 Å². The van der Waals surface area contributed by atoms with Gasteiger partial charge in [0.05, 0.1) is 33.4 Å². The predicted octanol–water partition coefficient (Wildman–Crippen LogP) is 1.79. The van der Waals surface area contributed by atoms with E-state index < -0.39 is 0 Å². The molecule has 142 valence electrons. The van der Waals surface area contributed by atoms with Crippen molar-refractivity contribution in [1.82, 2.24) is 15.2 Å². The molecule has 26 heavy (non-hydrogen) atoms. The van der Waals surface area contributed by atoms with E-state index in [1.54, 1.807) is 19.2 Å². The van der Waals surface area contributed by atoms with Gasteiger partial charge in [-0.3, -0.25) is 9.59 Å². The molecule has 2 N–H and O–H groups in total. The van der Waals surface area contributed by atoms with Gasteiger partial charge in [0.2, 0.25) is 5.91 Å². The normalized spacial score (nSPS) is 10.5. The molecule has 0 atom stereocenters. The minimum absolute atomic E-state index is 0.00384. The Bertz CT molecular complexity index is 800. The first-order chi connectivity index (χ1) is 12.5. The Labute approximate surface area is 152 Å². The van der Waals surface area contributed by atoms with Crippen LogP contribution in [0, 0.1) is 0 Å². The molecule has 0 radical (unpaired) electrons. The third-order valence-corrected chi connectivity index (χ3v) is 4.05. The summed E-state index contributed by atoms with van der Waals surface area (Å²) in [5.74, 6) is 1.05. The van der Waals surface area contributed by atoms with E-state index in [1.165, 1.54) is 19.1 Å². The quantitative estimate of drug-likeness (QED) is 0.746. The van der Waals surface area contributed by atoms with Crippen LogP contribution in [0.2, 0.25) is 0 Å². The molecule has 0 aliphatic heterocycles. The van der Waals surface area contributed by atoms with Crippen molar-refractivity contribution < 1.29 is 23.8 Å². The van der Waals surface area contributed by atoms with Crippen LogP contribution >= 0.6 is 0 Å². The SMILES string of the molecule is CCNC(=O)CN(CC)C(=O)c1cc2c(OC)cc(OC)c(OC)c2[nH]1. The van der Waals surface area contributed by atoms with Crippen molar-refractivity contribution in [2.45, 2.75) is 13.8 Å². The first kappa shape index (κ1) is 19.4. The summed E-state index contributed by atoms with van der Waals surface area (Å²) in [6.07, 6.45) is 0. The Hall–Kier alpha value is -2.90. The molecule has 1 aromatic heterocycles. The monoisotopic (exact) mass is 363 g/mol. The number of H-pyrrole nitrogens is 1. The molecule has 0 fully saturated rings. The maximum absolute atomic E-state index is 12.8. The van der Waals surface area contributed by atoms with Gasteiger partial charge in [-0.15, -0.1) is 0 Å². The van der Waals surface area contributed by atoms with Gasteiger partial charge in [-0.1, -0.05) is 0 Å². The van der Waals surface area contributed by atoms with Crippen molar-refractivity contribution in [2.75, 3.05) is 41.0 Å². The van der Waals surface area contributed by atoms with Gasteiger partial charge >= 0.3 is 0 Å². The zero-order valence-corrected chi connectivity index (χ0v) is 15.8. The number of carbonyl (C=O) groups excluding carboxylic acids is 2. The average Bonchev–Trinajstić information content (AvgIpc) is 3.09. The number of hydrogen-bond acceptors (Lipinski definition) is 5. The highest BCUT2D eigenvalue weighted by Gasteiger charge is 2.23. The number of amides is 2. The van der Waals surface area contributed by atoms with E-state index in [0.717, 1.165) is 0 Å². The molecule has 2 amide bonds. The lowest BCUT2D eigenvalue weighted by atomic mass is 10.2. The number of aromatic amines is 1. The van der Waals surface area contributed by atoms with Gasteiger partial charge in [-0.05, 0) is 19.9 Å². The molecular formula is C18H25N3O5. The second kappa shape index (κ2) is 8.46. The maximum Gasteiger partial charge on any atom is 0.270 e. The highest BCUT2D eigenvalue weighted by Crippen LogP contribution is 2.41. The summed E-state index contributed by atoms with van der Waals surface area (Å²) in [5.41, 5.74) is 0.942. The zero-order chi connectivity index (χ0) is 19.3. The first-order valence-electron chi connectivity index (χ1n) is 8.38. The van der Waals surface area contributed by atoms with Crippen molar-refractivity contribution in [3.8, 4) is 17.2 Å². The molecule has 0 saturated carbocycles. The van der Waals surface area contributed by atoms with Crippen LogP contribution in [-0.4, -0.2) is 62.7 Å². The summed E-state index contributed by atoms with van der Waals surface area (Å²) in [6.45, 7) is 4.58. The van der Waals surface area contributed by atoms with E-state index in [9.17, 15) is 9.59 Å². The van der Waals surface area contributed by atoms with Crippen LogP contribution in [-0.2, 0) is 4.79 Å². The fourth-order valence-electron chi connectivity index (χ4n) is 2.78. The second-order valence-electron chi connectivity index (χ2n) is 5.56. The number of benzene rings is 1. The molecule has 8 heteroatoms. The van der Waals surface area contributed by atoms with Crippen LogP contribution in [0.15, 0.2) is 12.1 Å². The Kier molecular flexibility index (Phi) is 6.32. The molecule has 1 aromatic carbocycles. The maximum atomic E-state index is 12.8. The number of ether oxygens (including phenoxy) is 3. The summed E-state index contributed by atoms with van der Waals surface area (Å²) < 4.78 is 16.2. The molecule has 0 bridgehead atoms. The summed E-state index contributed by atoms with van der Waals surface area (Å²) in [7, 11) is 4.60. The topological polar surface area (TPSA) is 92.9 Å². The fraction of sp³-hybridized carbons (Fsp3) is 0.444. The number of rotatable bonds is 8. The largest absolute Gasteiger partial charge is 0.496 e. The molecule has 0 aliphatic carbocycles. The molecule has 0 aliphatic rings. The number of fused-ring (bicyclic) bond motifs is 1. The minimum Gasteiger partial charge on any atom is -0.496 e. The van der Waals surface area contributed by atoms with Crippen molar-refractivity contribution in [1.29, 1.82) is 0 Å². The number of methoxy groups -OCH3 is 3. The fourth-order valence-corrected chi connectivity index (χ4v) is 2.78. The van der Waals surface area contributed by atoms with Crippen LogP contribution in [0.4, 0.5) is 0 Å². The molecule has 1 heterocycles. The summed E-state index contributed by atoms with van der Waals surface area (Å²) in [4.78, 5) is 29.2. The van der Waals surface area contributed by atoms with Gasteiger partial charge in [-0.2, -0.15) is 0 Å². The van der Waals surface area contributed by atoms with Crippen LogP contribution in [0.3, 0.4) is 0 Å². The van der Waals surface area contributed by atoms with E-state index in [4.69, 9.17) is 14.2 Å². The van der Waals surface area contributed by atoms with Crippen molar-refractivity contribution >= 4 is 22.7 Å². The molecular weight excluding hydrogens is 338 g/mol. The average molecular weight is 363 g/mol. The number of hydrogen-bond donors (Lipinski definition) is 2. The second-order valence-corrected chi connectivity index (χ2v) is 5.56. The third-order valence-electron chi connectivity index (χ3n) is 4.05. The van der Waals surface area contributed by atoms with Gasteiger partial charge in [0.15, 0.2) is 11.5 Å². The molecule has 0 spiro atoms. The Balaban J connectivity index is 2.46. The molecule has 0 unspecified atom stereocenters. The number of carbonyl (C=O) groups is 2. The molecule has 2 rings (SSSR count). The van der Waals surface area contributed by atoms with Gasteiger partial charge < -0.3 is 29.4 Å². The number of nitrogens with one attached hydrogen (secondary N) is 2. The Morgan fingerprint density at radius 3 is 2.31 bits per heavy atom. The van der Waals surface area contributed by atoms with Gasteiger partial charge in [0.1, 0.15) is 11.4 Å². The smallest absolute Gasteiger partial charge is 0.270 e. The Morgan fingerprint density at radius 1 is 1.08 bits per heavy atom. The van der Waals surface area contributed by atoms with Crippen LogP contribution in [0.25, 0.3) is 10.9 Å². The highest BCUT2D eigenvalue weighted by atomic mass is 16.5. The number of nitrogens with zero attached hydrogens (tertiary/aromatic N) is 1. The lowest BCUT2D eigenvalue weighted by Crippen LogP contribution is -2.40. The predicted molar refractivity (Wildman–Crippen MR) is 98.2 cm³/mol. The number of likely N-dealkylation sites (N-methyl/N-ethyl adjacent to an activating group) is 2. The minimum atomic E-state index is -0.280. The van der Waals surface area contributed by atoms with Gasteiger partial charge in [0, 0.05) is 24.5 Å². The van der Waals surface area contributed by atoms with Crippen molar-refractivity contribution in [3.63, 3.8) is 0 Å². The first-order valence-corrected chi connectivity index (χ1v) is 8.38. The molecule has 8 nitrogen and oxygen atoms in total. The van der Waals surface area contributed by atoms with Gasteiger partial charge in [0.25, 0.3) is 5.91 Å². The van der Waals surface area contributed by atoms with E-state index >= 15 is 0 Å². The van der Waals surface area contributed by atoms with E-state index in [2.05, 4.69) is 10.3 Å². The number of aromatic nitrogens is 1. The summed E-state index contributed by atoms with van der Waals surface area (Å²) >= 11 is 0. The zero-order valence-electron chi connectivity index (χ0n) is 15.8. The lowest BCUT2D eigenvalue weighted by molar-refractivity contribution is -0.121. The van der Waals surface area contributed by atoms with Crippen LogP contribution in [0.5, 0.6) is 17.2 Å². The van der Waals surface area contributed by atoms with Crippen molar-refractivity contribution in [2.24, 2.45) is 0 Å². The van der Waals surface area contributed by atoms with Crippen LogP contribution < -0.4 is 19.5 Å². The lowest BCUT2D eigenvalue weighted by Gasteiger charge is -2.19. The highest BCUT2D eigenvalue weighted by molar-refractivity contribution is 6.03.